The summed E-state index contributed by atoms with van der Waals surface area (Å²) in [6, 6.07) is 1.63. The van der Waals surface area contributed by atoms with Crippen LogP contribution in [0.1, 0.15) is 74.7 Å². The third-order valence-corrected chi connectivity index (χ3v) is 9.12. The molecular weight excluding hydrogens is 428 g/mol. The number of amides is 2. The van der Waals surface area contributed by atoms with Crippen LogP contribution in [0.25, 0.3) is 0 Å². The number of likely N-dealkylation sites (tertiary alicyclic amines) is 1. The maximum absolute atomic E-state index is 13.1. The van der Waals surface area contributed by atoms with Crippen LogP contribution in [0.2, 0.25) is 0 Å². The fourth-order valence-corrected chi connectivity index (χ4v) is 6.80. The molecule has 3 heterocycles. The zero-order valence-corrected chi connectivity index (χ0v) is 19.9. The highest BCUT2D eigenvalue weighted by Gasteiger charge is 2.31. The first kappa shape index (κ1) is 23.3. The quantitative estimate of drug-likeness (QED) is 0.725. The van der Waals surface area contributed by atoms with Crippen molar-refractivity contribution < 1.29 is 18.0 Å². The Morgan fingerprint density at radius 1 is 0.906 bits per heavy atom. The number of nitrogens with one attached hydrogen (secondary N) is 1. The Bertz CT molecular complexity index is 922. The van der Waals surface area contributed by atoms with Crippen molar-refractivity contribution in [3.63, 3.8) is 0 Å². The molecule has 4 rings (SSSR count). The van der Waals surface area contributed by atoms with Crippen LogP contribution in [0, 0.1) is 5.92 Å². The summed E-state index contributed by atoms with van der Waals surface area (Å²) < 4.78 is 29.1. The molecule has 2 amide bonds. The van der Waals surface area contributed by atoms with Crippen molar-refractivity contribution in [2.45, 2.75) is 75.1 Å². The van der Waals surface area contributed by atoms with E-state index in [1.54, 1.807) is 22.7 Å². The van der Waals surface area contributed by atoms with Crippen LogP contribution >= 0.6 is 0 Å². The average Bonchev–Trinajstić information content (AvgIpc) is 3.22. The summed E-state index contributed by atoms with van der Waals surface area (Å²) in [4.78, 5) is 27.6. The summed E-state index contributed by atoms with van der Waals surface area (Å²) in [6.07, 6.45) is 11.3. The zero-order valence-electron chi connectivity index (χ0n) is 19.1. The summed E-state index contributed by atoms with van der Waals surface area (Å²) in [7, 11) is -1.84. The first-order chi connectivity index (χ1) is 15.4. The SMILES string of the molecule is Cn1cc(S(=O)(=O)N2CCCCC2)cc1C(=O)N1CCC(NC(=O)C2CCCCC2)CC1. The number of hydrogen-bond acceptors (Lipinski definition) is 4. The van der Waals surface area contributed by atoms with Crippen molar-refractivity contribution in [3.8, 4) is 0 Å². The number of nitrogens with zero attached hydrogens (tertiary/aromatic N) is 3. The van der Waals surface area contributed by atoms with Crippen molar-refractivity contribution in [2.24, 2.45) is 13.0 Å². The molecule has 3 aliphatic rings. The third kappa shape index (κ3) is 5.03. The zero-order chi connectivity index (χ0) is 22.7. The predicted molar refractivity (Wildman–Crippen MR) is 122 cm³/mol. The van der Waals surface area contributed by atoms with E-state index in [1.165, 1.54) is 16.8 Å². The van der Waals surface area contributed by atoms with Gasteiger partial charge in [0.1, 0.15) is 10.6 Å². The highest BCUT2D eigenvalue weighted by molar-refractivity contribution is 7.89. The number of piperidine rings is 2. The maximum Gasteiger partial charge on any atom is 0.270 e. The molecule has 0 unspecified atom stereocenters. The minimum atomic E-state index is -3.57. The van der Waals surface area contributed by atoms with Crippen molar-refractivity contribution in [1.82, 2.24) is 19.1 Å². The fourth-order valence-electron chi connectivity index (χ4n) is 5.21. The van der Waals surface area contributed by atoms with Crippen LogP contribution in [-0.4, -0.2) is 66.2 Å². The number of carbonyl (C=O) groups is 2. The molecule has 0 bridgehead atoms. The number of carbonyl (C=O) groups excluding carboxylic acids is 2. The second kappa shape index (κ2) is 9.95. The summed E-state index contributed by atoms with van der Waals surface area (Å²) in [5.74, 6) is 0.168. The summed E-state index contributed by atoms with van der Waals surface area (Å²) in [5, 5.41) is 3.19. The van der Waals surface area contributed by atoms with Crippen LogP contribution in [0.5, 0.6) is 0 Å². The molecule has 3 fully saturated rings. The number of hydrogen-bond donors (Lipinski definition) is 1. The monoisotopic (exact) mass is 464 g/mol. The Labute approximate surface area is 191 Å². The van der Waals surface area contributed by atoms with Gasteiger partial charge in [-0.1, -0.05) is 25.7 Å². The summed E-state index contributed by atoms with van der Waals surface area (Å²) in [6.45, 7) is 2.21. The van der Waals surface area contributed by atoms with Gasteiger partial charge >= 0.3 is 0 Å². The molecule has 8 nitrogen and oxygen atoms in total. The number of sulfonamides is 1. The first-order valence-electron chi connectivity index (χ1n) is 12.1. The highest BCUT2D eigenvalue weighted by atomic mass is 32.2. The third-order valence-electron chi connectivity index (χ3n) is 7.26. The predicted octanol–water partition coefficient (Wildman–Crippen LogP) is 2.50. The van der Waals surface area contributed by atoms with Gasteiger partial charge in [-0.25, -0.2) is 8.42 Å². The smallest absolute Gasteiger partial charge is 0.270 e. The molecule has 1 aliphatic carbocycles. The molecule has 0 radical (unpaired) electrons. The van der Waals surface area contributed by atoms with Gasteiger partial charge < -0.3 is 14.8 Å². The molecule has 32 heavy (non-hydrogen) atoms. The fraction of sp³-hybridized carbons (Fsp3) is 0.739. The molecular formula is C23H36N4O4S. The normalized spacial score (nSPS) is 22.1. The van der Waals surface area contributed by atoms with E-state index in [0.29, 0.717) is 31.9 Å². The molecule has 0 atom stereocenters. The lowest BCUT2D eigenvalue weighted by Crippen LogP contribution is -2.48. The van der Waals surface area contributed by atoms with E-state index in [1.807, 2.05) is 0 Å². The van der Waals surface area contributed by atoms with Crippen molar-refractivity contribution in [2.75, 3.05) is 26.2 Å². The Hall–Kier alpha value is -1.87. The van der Waals surface area contributed by atoms with E-state index < -0.39 is 10.0 Å². The van der Waals surface area contributed by atoms with E-state index in [2.05, 4.69) is 5.32 Å². The van der Waals surface area contributed by atoms with Gasteiger partial charge in [-0.15, -0.1) is 0 Å². The molecule has 1 saturated carbocycles. The average molecular weight is 465 g/mol. The summed E-state index contributed by atoms with van der Waals surface area (Å²) >= 11 is 0. The van der Waals surface area contributed by atoms with E-state index in [-0.39, 0.29) is 28.7 Å². The first-order valence-corrected chi connectivity index (χ1v) is 13.6. The molecule has 0 aromatic carbocycles. The highest BCUT2D eigenvalue weighted by Crippen LogP contribution is 2.25. The Morgan fingerprint density at radius 3 is 2.19 bits per heavy atom. The number of aryl methyl sites for hydroxylation is 1. The van der Waals surface area contributed by atoms with Gasteiger partial charge in [-0.2, -0.15) is 4.31 Å². The van der Waals surface area contributed by atoms with Crippen LogP contribution in [-0.2, 0) is 21.9 Å². The number of rotatable bonds is 5. The Balaban J connectivity index is 1.34. The van der Waals surface area contributed by atoms with E-state index in [9.17, 15) is 18.0 Å². The lowest BCUT2D eigenvalue weighted by molar-refractivity contribution is -0.126. The van der Waals surface area contributed by atoms with Crippen molar-refractivity contribution in [3.05, 3.63) is 18.0 Å². The van der Waals surface area contributed by atoms with E-state index >= 15 is 0 Å². The van der Waals surface area contributed by atoms with Gasteiger partial charge in [0.05, 0.1) is 0 Å². The van der Waals surface area contributed by atoms with Crippen LogP contribution in [0.4, 0.5) is 0 Å². The lowest BCUT2D eigenvalue weighted by Gasteiger charge is -2.33. The van der Waals surface area contributed by atoms with Gasteiger partial charge in [0.2, 0.25) is 15.9 Å². The topological polar surface area (TPSA) is 91.7 Å². The Morgan fingerprint density at radius 2 is 1.53 bits per heavy atom. The molecule has 2 aliphatic heterocycles. The van der Waals surface area contributed by atoms with Gasteiger partial charge in [-0.3, -0.25) is 9.59 Å². The lowest BCUT2D eigenvalue weighted by atomic mass is 9.88. The minimum absolute atomic E-state index is 0.108. The van der Waals surface area contributed by atoms with Crippen molar-refractivity contribution >= 4 is 21.8 Å². The molecule has 2 saturated heterocycles. The standard InChI is InChI=1S/C23H36N4O4S/c1-25-17-20(32(30,31)27-12-6-3-7-13-27)16-21(25)23(29)26-14-10-19(11-15-26)24-22(28)18-8-4-2-5-9-18/h16-19H,2-15H2,1H3,(H,24,28). The molecule has 1 N–H and O–H groups in total. The Kier molecular flexibility index (Phi) is 7.24. The molecule has 1 aromatic rings. The second-order valence-corrected chi connectivity index (χ2v) is 11.5. The van der Waals surface area contributed by atoms with Gasteiger partial charge in [0.15, 0.2) is 0 Å². The van der Waals surface area contributed by atoms with Gasteiger partial charge in [0.25, 0.3) is 5.91 Å². The minimum Gasteiger partial charge on any atom is -0.353 e. The van der Waals surface area contributed by atoms with Crippen LogP contribution in [0.3, 0.4) is 0 Å². The number of aromatic nitrogens is 1. The van der Waals surface area contributed by atoms with Crippen molar-refractivity contribution in [1.29, 1.82) is 0 Å². The molecule has 0 spiro atoms. The van der Waals surface area contributed by atoms with Gasteiger partial charge in [-0.05, 0) is 44.6 Å². The van der Waals surface area contributed by atoms with E-state index in [0.717, 1.165) is 57.8 Å². The molecule has 1 aromatic heterocycles. The second-order valence-electron chi connectivity index (χ2n) is 9.55. The van der Waals surface area contributed by atoms with Crippen LogP contribution in [0.15, 0.2) is 17.2 Å². The summed E-state index contributed by atoms with van der Waals surface area (Å²) in [5.41, 5.74) is 0.394. The largest absolute Gasteiger partial charge is 0.353 e. The van der Waals surface area contributed by atoms with E-state index in [4.69, 9.17) is 0 Å². The van der Waals surface area contributed by atoms with Gasteiger partial charge in [0, 0.05) is 51.4 Å². The van der Waals surface area contributed by atoms with Crippen LogP contribution < -0.4 is 5.32 Å². The maximum atomic E-state index is 13.1. The molecule has 178 valence electrons. The molecule has 9 heteroatoms.